The van der Waals surface area contributed by atoms with Crippen molar-refractivity contribution in [2.24, 2.45) is 0 Å². The molecule has 1 amide bonds. The molecular weight excluding hydrogens is 339 g/mol. The number of carbonyl (C=O) groups excluding carboxylic acids is 1. The first-order chi connectivity index (χ1) is 12.7. The maximum atomic E-state index is 13.0. The van der Waals surface area contributed by atoms with Crippen LogP contribution in [0.4, 0.5) is 4.39 Å². The minimum atomic E-state index is -0.334. The smallest absolute Gasteiger partial charge is 0.272 e. The van der Waals surface area contributed by atoms with Crippen molar-refractivity contribution < 1.29 is 18.7 Å². The summed E-state index contributed by atoms with van der Waals surface area (Å²) in [5.74, 6) is -0.0946. The number of halogens is 1. The first kappa shape index (κ1) is 16.5. The molecule has 134 valence electrons. The molecule has 0 aliphatic carbocycles. The molecule has 1 N–H and O–H groups in total. The Hall–Kier alpha value is -3.00. The summed E-state index contributed by atoms with van der Waals surface area (Å²) in [6, 6.07) is 8.84. The Morgan fingerprint density at radius 1 is 1.35 bits per heavy atom. The molecular formula is C18H17FN4O3. The minimum absolute atomic E-state index is 0.270. The van der Waals surface area contributed by atoms with E-state index < -0.39 is 0 Å². The fraction of sp³-hybridized carbons (Fsp3) is 0.278. The van der Waals surface area contributed by atoms with E-state index >= 15 is 0 Å². The normalized spacial score (nSPS) is 20.0. The second kappa shape index (κ2) is 7.09. The fourth-order valence-corrected chi connectivity index (χ4v) is 2.87. The maximum absolute atomic E-state index is 13.0. The number of hydrogen-bond acceptors (Lipinski definition) is 5. The number of benzene rings is 1. The van der Waals surface area contributed by atoms with Gasteiger partial charge in [0.05, 0.1) is 19.3 Å². The van der Waals surface area contributed by atoms with Crippen molar-refractivity contribution >= 4 is 11.6 Å². The van der Waals surface area contributed by atoms with E-state index in [2.05, 4.69) is 15.4 Å². The fourth-order valence-electron chi connectivity index (χ4n) is 2.87. The molecule has 26 heavy (non-hydrogen) atoms. The average Bonchev–Trinajstić information content (AvgIpc) is 3.09. The lowest BCUT2D eigenvalue weighted by molar-refractivity contribution is -0.00297. The van der Waals surface area contributed by atoms with Gasteiger partial charge >= 0.3 is 0 Å². The van der Waals surface area contributed by atoms with E-state index in [-0.39, 0.29) is 29.6 Å². The summed E-state index contributed by atoms with van der Waals surface area (Å²) in [4.78, 5) is 16.7. The Balaban J connectivity index is 1.47. The molecule has 8 heteroatoms. The van der Waals surface area contributed by atoms with Crippen LogP contribution in [-0.2, 0) is 4.74 Å². The number of hydrogen-bond donors (Lipinski definition) is 1. The highest BCUT2D eigenvalue weighted by Gasteiger charge is 2.30. The third-order valence-electron chi connectivity index (χ3n) is 4.18. The largest absolute Gasteiger partial charge is 0.488 e. The van der Waals surface area contributed by atoms with Gasteiger partial charge in [-0.25, -0.2) is 13.9 Å². The number of carbonyl (C=O) groups is 1. The van der Waals surface area contributed by atoms with E-state index in [0.29, 0.717) is 31.0 Å². The number of nitrogens with one attached hydrogen (secondary N) is 1. The van der Waals surface area contributed by atoms with Gasteiger partial charge in [-0.15, -0.1) is 0 Å². The van der Waals surface area contributed by atoms with E-state index in [9.17, 15) is 9.18 Å². The van der Waals surface area contributed by atoms with Gasteiger partial charge in [-0.3, -0.25) is 4.79 Å². The first-order valence-corrected chi connectivity index (χ1v) is 8.30. The highest BCUT2D eigenvalue weighted by molar-refractivity contribution is 5.93. The number of ether oxygens (including phenoxy) is 2. The third kappa shape index (κ3) is 3.50. The Morgan fingerprint density at radius 3 is 3.00 bits per heavy atom. The monoisotopic (exact) mass is 356 g/mol. The molecule has 2 aromatic heterocycles. The average molecular weight is 356 g/mol. The van der Waals surface area contributed by atoms with Gasteiger partial charge in [0.1, 0.15) is 17.7 Å². The molecule has 4 rings (SSSR count). The van der Waals surface area contributed by atoms with Crippen LogP contribution in [-0.4, -0.2) is 45.9 Å². The maximum Gasteiger partial charge on any atom is 0.272 e. The molecule has 1 aliphatic rings. The van der Waals surface area contributed by atoms with Gasteiger partial charge in [-0.1, -0.05) is 0 Å². The molecule has 1 aromatic carbocycles. The van der Waals surface area contributed by atoms with Crippen molar-refractivity contribution in [1.29, 1.82) is 0 Å². The van der Waals surface area contributed by atoms with Crippen molar-refractivity contribution in [1.82, 2.24) is 19.9 Å². The van der Waals surface area contributed by atoms with Gasteiger partial charge in [0, 0.05) is 24.9 Å². The van der Waals surface area contributed by atoms with Crippen LogP contribution in [0.3, 0.4) is 0 Å². The SMILES string of the molecule is O=C(N[C@@H]1COCC[C@@H]1Oc1ccc(F)cc1)c1cc2ncccn2n1. The van der Waals surface area contributed by atoms with Gasteiger partial charge in [0.15, 0.2) is 11.3 Å². The van der Waals surface area contributed by atoms with Crippen molar-refractivity contribution in [3.05, 3.63) is 60.3 Å². The minimum Gasteiger partial charge on any atom is -0.488 e. The van der Waals surface area contributed by atoms with Crippen molar-refractivity contribution in [2.75, 3.05) is 13.2 Å². The zero-order valence-electron chi connectivity index (χ0n) is 13.8. The summed E-state index contributed by atoms with van der Waals surface area (Å²) >= 11 is 0. The van der Waals surface area contributed by atoms with Gasteiger partial charge < -0.3 is 14.8 Å². The number of fused-ring (bicyclic) bond motifs is 1. The van der Waals surface area contributed by atoms with Crippen LogP contribution in [0.25, 0.3) is 5.65 Å². The summed E-state index contributed by atoms with van der Waals surface area (Å²) in [5, 5.41) is 7.13. The summed E-state index contributed by atoms with van der Waals surface area (Å²) < 4.78 is 26.0. The van der Waals surface area contributed by atoms with Crippen LogP contribution in [0.1, 0.15) is 16.9 Å². The predicted octanol–water partition coefficient (Wildman–Crippen LogP) is 1.83. The first-order valence-electron chi connectivity index (χ1n) is 8.30. The van der Waals surface area contributed by atoms with Crippen molar-refractivity contribution in [3.63, 3.8) is 0 Å². The highest BCUT2D eigenvalue weighted by atomic mass is 19.1. The molecule has 1 saturated heterocycles. The van der Waals surface area contributed by atoms with Crippen molar-refractivity contribution in [3.8, 4) is 5.75 Å². The number of rotatable bonds is 4. The summed E-state index contributed by atoms with van der Waals surface area (Å²) in [6.45, 7) is 0.875. The van der Waals surface area contributed by atoms with E-state index in [1.807, 2.05) is 0 Å². The Kier molecular flexibility index (Phi) is 4.49. The van der Waals surface area contributed by atoms with Crippen LogP contribution in [0.2, 0.25) is 0 Å². The second-order valence-electron chi connectivity index (χ2n) is 6.01. The van der Waals surface area contributed by atoms with Crippen LogP contribution in [0.15, 0.2) is 48.8 Å². The van der Waals surface area contributed by atoms with E-state index in [1.54, 1.807) is 41.2 Å². The zero-order valence-corrected chi connectivity index (χ0v) is 13.8. The van der Waals surface area contributed by atoms with E-state index in [0.717, 1.165) is 0 Å². The van der Waals surface area contributed by atoms with Crippen molar-refractivity contribution in [2.45, 2.75) is 18.6 Å². The molecule has 0 unspecified atom stereocenters. The van der Waals surface area contributed by atoms with Crippen LogP contribution in [0, 0.1) is 5.82 Å². The molecule has 0 bridgehead atoms. The number of nitrogens with zero attached hydrogens (tertiary/aromatic N) is 3. The molecule has 0 spiro atoms. The van der Waals surface area contributed by atoms with E-state index in [4.69, 9.17) is 9.47 Å². The quantitative estimate of drug-likeness (QED) is 0.772. The molecule has 0 saturated carbocycles. The Bertz CT molecular complexity index is 879. The predicted molar refractivity (Wildman–Crippen MR) is 90.5 cm³/mol. The lowest BCUT2D eigenvalue weighted by Gasteiger charge is -2.32. The van der Waals surface area contributed by atoms with Crippen LogP contribution in [0.5, 0.6) is 5.75 Å². The third-order valence-corrected chi connectivity index (χ3v) is 4.18. The molecule has 3 heterocycles. The number of amides is 1. The van der Waals surface area contributed by atoms with E-state index in [1.165, 1.54) is 12.1 Å². The van der Waals surface area contributed by atoms with Crippen LogP contribution < -0.4 is 10.1 Å². The van der Waals surface area contributed by atoms with Crippen LogP contribution >= 0.6 is 0 Å². The molecule has 2 atom stereocenters. The summed E-state index contributed by atoms with van der Waals surface area (Å²) in [7, 11) is 0. The summed E-state index contributed by atoms with van der Waals surface area (Å²) in [5.41, 5.74) is 0.867. The Morgan fingerprint density at radius 2 is 2.19 bits per heavy atom. The standard InChI is InChI=1S/C18H17FN4O3/c19-12-2-4-13(5-3-12)26-16-6-9-25-11-15(16)21-18(24)14-10-17-20-7-1-8-23(17)22-14/h1-5,7-8,10,15-16H,6,9,11H2,(H,21,24)/t15-,16+/m1/s1. The zero-order chi connectivity index (χ0) is 17.9. The molecule has 1 aliphatic heterocycles. The van der Waals surface area contributed by atoms with Gasteiger partial charge in [0.2, 0.25) is 0 Å². The van der Waals surface area contributed by atoms with Gasteiger partial charge in [-0.05, 0) is 30.3 Å². The van der Waals surface area contributed by atoms with Gasteiger partial charge in [0.25, 0.3) is 5.91 Å². The Labute approximate surface area is 148 Å². The second-order valence-corrected chi connectivity index (χ2v) is 6.01. The van der Waals surface area contributed by atoms with Gasteiger partial charge in [-0.2, -0.15) is 5.10 Å². The lowest BCUT2D eigenvalue weighted by Crippen LogP contribution is -2.51. The molecule has 7 nitrogen and oxygen atoms in total. The summed E-state index contributed by atoms with van der Waals surface area (Å²) in [6.07, 6.45) is 3.71. The highest BCUT2D eigenvalue weighted by Crippen LogP contribution is 2.19. The molecule has 3 aromatic rings. The number of aromatic nitrogens is 3. The molecule has 1 fully saturated rings. The molecule has 0 radical (unpaired) electrons. The lowest BCUT2D eigenvalue weighted by atomic mass is 10.1. The topological polar surface area (TPSA) is 77.8 Å².